The molecule has 1 N–H and O–H groups in total. The fourth-order valence-electron chi connectivity index (χ4n) is 3.37. The molecule has 0 bridgehead atoms. The van der Waals surface area contributed by atoms with Crippen molar-refractivity contribution in [3.8, 4) is 11.5 Å². The number of aryl methyl sites for hydroxylation is 1. The van der Waals surface area contributed by atoms with Crippen LogP contribution in [0.1, 0.15) is 18.4 Å². The first-order valence-corrected chi connectivity index (χ1v) is 10.6. The summed E-state index contributed by atoms with van der Waals surface area (Å²) in [6.07, 6.45) is 0.116. The van der Waals surface area contributed by atoms with Crippen molar-refractivity contribution >= 4 is 27.5 Å². The fraction of sp³-hybridized carbons (Fsp3) is 0.300. The van der Waals surface area contributed by atoms with E-state index in [1.54, 1.807) is 30.3 Å². The van der Waals surface area contributed by atoms with Gasteiger partial charge in [-0.25, -0.2) is 12.7 Å². The van der Waals surface area contributed by atoms with Crippen molar-refractivity contribution in [2.24, 2.45) is 0 Å². The molecule has 2 aliphatic rings. The molecule has 1 fully saturated rings. The van der Waals surface area contributed by atoms with E-state index < -0.39 is 27.9 Å². The first-order chi connectivity index (χ1) is 13.9. The Morgan fingerprint density at radius 3 is 2.48 bits per heavy atom. The minimum atomic E-state index is -4.13. The summed E-state index contributed by atoms with van der Waals surface area (Å²) in [5.41, 5.74) is 1.33. The van der Waals surface area contributed by atoms with Gasteiger partial charge in [-0.2, -0.15) is 0 Å². The highest BCUT2D eigenvalue weighted by atomic mass is 32.2. The van der Waals surface area contributed by atoms with E-state index in [1.165, 1.54) is 12.1 Å². The molecule has 0 saturated carbocycles. The molecule has 2 aromatic carbocycles. The third kappa shape index (κ3) is 3.65. The quantitative estimate of drug-likeness (QED) is 0.819. The Kier molecular flexibility index (Phi) is 4.91. The van der Waals surface area contributed by atoms with Crippen LogP contribution in [0.25, 0.3) is 0 Å². The Morgan fingerprint density at radius 1 is 1.07 bits per heavy atom. The van der Waals surface area contributed by atoms with Crippen LogP contribution in [0.2, 0.25) is 0 Å². The van der Waals surface area contributed by atoms with E-state index in [0.717, 1.165) is 5.56 Å². The van der Waals surface area contributed by atoms with Gasteiger partial charge in [0.2, 0.25) is 11.8 Å². The van der Waals surface area contributed by atoms with Gasteiger partial charge < -0.3 is 14.8 Å². The fourth-order valence-corrected chi connectivity index (χ4v) is 4.97. The number of carbonyl (C=O) groups is 2. The number of nitrogens with one attached hydrogen (secondary N) is 1. The molecule has 29 heavy (non-hydrogen) atoms. The van der Waals surface area contributed by atoms with Gasteiger partial charge in [0.1, 0.15) is 19.3 Å². The number of hydrogen-bond acceptors (Lipinski definition) is 6. The molecular weight excluding hydrogens is 396 g/mol. The van der Waals surface area contributed by atoms with Crippen molar-refractivity contribution in [1.82, 2.24) is 4.31 Å². The van der Waals surface area contributed by atoms with Gasteiger partial charge in [0.25, 0.3) is 10.0 Å². The second kappa shape index (κ2) is 7.40. The van der Waals surface area contributed by atoms with Gasteiger partial charge in [-0.3, -0.25) is 9.59 Å². The summed E-state index contributed by atoms with van der Waals surface area (Å²) in [6.45, 7) is 2.69. The Morgan fingerprint density at radius 2 is 1.76 bits per heavy atom. The van der Waals surface area contributed by atoms with Crippen molar-refractivity contribution in [2.75, 3.05) is 18.5 Å². The number of carbonyl (C=O) groups excluding carboxylic acids is 2. The molecule has 0 radical (unpaired) electrons. The second-order valence-corrected chi connectivity index (χ2v) is 8.72. The van der Waals surface area contributed by atoms with Crippen LogP contribution in [0.4, 0.5) is 5.69 Å². The molecule has 0 aromatic heterocycles. The molecule has 0 spiro atoms. The monoisotopic (exact) mass is 416 g/mol. The van der Waals surface area contributed by atoms with Crippen molar-refractivity contribution in [3.05, 3.63) is 48.0 Å². The largest absolute Gasteiger partial charge is 0.486 e. The molecule has 2 aromatic rings. The molecule has 9 heteroatoms. The first-order valence-electron chi connectivity index (χ1n) is 9.21. The number of amides is 2. The minimum Gasteiger partial charge on any atom is -0.486 e. The number of hydrogen-bond donors (Lipinski definition) is 1. The van der Waals surface area contributed by atoms with E-state index in [2.05, 4.69) is 5.32 Å². The number of ether oxygens (including phenoxy) is 2. The summed E-state index contributed by atoms with van der Waals surface area (Å²) in [6, 6.07) is 9.99. The van der Waals surface area contributed by atoms with E-state index in [-0.39, 0.29) is 17.7 Å². The summed E-state index contributed by atoms with van der Waals surface area (Å²) in [7, 11) is -4.13. The highest BCUT2D eigenvalue weighted by Gasteiger charge is 2.44. The molecular formula is C20H20N2O6S. The molecule has 2 amide bonds. The zero-order valence-corrected chi connectivity index (χ0v) is 16.6. The van der Waals surface area contributed by atoms with Gasteiger partial charge in [0.05, 0.1) is 4.90 Å². The molecule has 152 valence electrons. The lowest BCUT2D eigenvalue weighted by Crippen LogP contribution is -2.45. The van der Waals surface area contributed by atoms with Crippen LogP contribution in [-0.2, 0) is 19.6 Å². The lowest BCUT2D eigenvalue weighted by atomic mass is 10.2. The summed E-state index contributed by atoms with van der Waals surface area (Å²) >= 11 is 0. The van der Waals surface area contributed by atoms with Crippen LogP contribution in [-0.4, -0.2) is 43.8 Å². The molecule has 8 nitrogen and oxygen atoms in total. The van der Waals surface area contributed by atoms with Gasteiger partial charge in [0.15, 0.2) is 11.5 Å². The van der Waals surface area contributed by atoms with Gasteiger partial charge in [-0.05, 0) is 37.6 Å². The third-order valence-electron chi connectivity index (χ3n) is 4.85. The zero-order valence-electron chi connectivity index (χ0n) is 15.8. The van der Waals surface area contributed by atoms with Crippen LogP contribution in [0, 0.1) is 6.92 Å². The average Bonchev–Trinajstić information content (AvgIpc) is 3.11. The highest BCUT2D eigenvalue weighted by molar-refractivity contribution is 7.89. The van der Waals surface area contributed by atoms with Crippen LogP contribution in [0.3, 0.4) is 0 Å². The second-order valence-electron chi connectivity index (χ2n) is 6.91. The van der Waals surface area contributed by atoms with Gasteiger partial charge in [-0.1, -0.05) is 17.7 Å². The summed E-state index contributed by atoms with van der Waals surface area (Å²) in [4.78, 5) is 25.2. The molecule has 2 heterocycles. The van der Waals surface area contributed by atoms with Crippen molar-refractivity contribution < 1.29 is 27.5 Å². The maximum absolute atomic E-state index is 13.0. The molecule has 1 saturated heterocycles. The Labute approximate surface area is 168 Å². The topological polar surface area (TPSA) is 102 Å². The zero-order chi connectivity index (χ0) is 20.6. The van der Waals surface area contributed by atoms with Crippen LogP contribution in [0.15, 0.2) is 47.4 Å². The Balaban J connectivity index is 1.57. The normalized spacial score (nSPS) is 18.6. The third-order valence-corrected chi connectivity index (χ3v) is 6.69. The molecule has 0 aliphatic carbocycles. The SMILES string of the molecule is Cc1ccc(S(=O)(=O)N2C(=O)CC[C@H]2C(=O)Nc2ccc3c(c2)OCCO3)cc1. The molecule has 1 atom stereocenters. The van der Waals surface area contributed by atoms with Gasteiger partial charge in [0, 0.05) is 18.2 Å². The summed E-state index contributed by atoms with van der Waals surface area (Å²) in [5.74, 6) is -0.0781. The van der Waals surface area contributed by atoms with E-state index in [0.29, 0.717) is 34.7 Å². The summed E-state index contributed by atoms with van der Waals surface area (Å²) in [5, 5.41) is 2.68. The number of nitrogens with zero attached hydrogens (tertiary/aromatic N) is 1. The number of rotatable bonds is 4. The smallest absolute Gasteiger partial charge is 0.267 e. The minimum absolute atomic E-state index is 0.00961. The van der Waals surface area contributed by atoms with Crippen LogP contribution in [0.5, 0.6) is 11.5 Å². The maximum atomic E-state index is 13.0. The Bertz CT molecular complexity index is 1060. The summed E-state index contributed by atoms with van der Waals surface area (Å²) < 4.78 is 37.6. The predicted molar refractivity (Wildman–Crippen MR) is 104 cm³/mol. The van der Waals surface area contributed by atoms with E-state index in [1.807, 2.05) is 6.92 Å². The average molecular weight is 416 g/mol. The van der Waals surface area contributed by atoms with E-state index in [4.69, 9.17) is 9.47 Å². The van der Waals surface area contributed by atoms with Crippen molar-refractivity contribution in [2.45, 2.75) is 30.7 Å². The first kappa shape index (κ1) is 19.3. The van der Waals surface area contributed by atoms with E-state index in [9.17, 15) is 18.0 Å². The van der Waals surface area contributed by atoms with Gasteiger partial charge in [-0.15, -0.1) is 0 Å². The van der Waals surface area contributed by atoms with Crippen LogP contribution >= 0.6 is 0 Å². The van der Waals surface area contributed by atoms with Gasteiger partial charge >= 0.3 is 0 Å². The lowest BCUT2D eigenvalue weighted by Gasteiger charge is -2.24. The van der Waals surface area contributed by atoms with E-state index >= 15 is 0 Å². The Hall–Kier alpha value is -3.07. The molecule has 4 rings (SSSR count). The lowest BCUT2D eigenvalue weighted by molar-refractivity contribution is -0.128. The number of sulfonamides is 1. The number of benzene rings is 2. The van der Waals surface area contributed by atoms with Crippen molar-refractivity contribution in [3.63, 3.8) is 0 Å². The standard InChI is InChI=1S/C20H20N2O6S/c1-13-2-5-15(6-3-13)29(25,26)22-16(7-9-19(22)23)20(24)21-14-4-8-17-18(12-14)28-11-10-27-17/h2-6,8,12,16H,7,9-11H2,1H3,(H,21,24)/t16-/m0/s1. The number of anilines is 1. The molecule has 0 unspecified atom stereocenters. The highest BCUT2D eigenvalue weighted by Crippen LogP contribution is 2.33. The number of fused-ring (bicyclic) bond motifs is 1. The predicted octanol–water partition coefficient (Wildman–Crippen LogP) is 2.08. The van der Waals surface area contributed by atoms with Crippen LogP contribution < -0.4 is 14.8 Å². The van der Waals surface area contributed by atoms with Crippen molar-refractivity contribution in [1.29, 1.82) is 0 Å². The maximum Gasteiger partial charge on any atom is 0.267 e. The molecule has 2 aliphatic heterocycles.